The van der Waals surface area contributed by atoms with Crippen LogP contribution in [-0.4, -0.2) is 19.1 Å². The number of allylic oxidation sites excluding steroid dienone is 1. The van der Waals surface area contributed by atoms with E-state index < -0.39 is 0 Å². The van der Waals surface area contributed by atoms with Crippen LogP contribution in [0.25, 0.3) is 0 Å². The molecular formula is C17H20N4O3. The number of nitrogens with zero attached hydrogens (tertiary/aromatic N) is 1. The fraction of sp³-hybridized carbons (Fsp3) is 0.471. The second-order valence-electron chi connectivity index (χ2n) is 6.28. The van der Waals surface area contributed by atoms with E-state index in [0.29, 0.717) is 11.3 Å². The topological polar surface area (TPSA) is 102 Å². The van der Waals surface area contributed by atoms with Crippen LogP contribution in [0.2, 0.25) is 0 Å². The SMILES string of the molecule is CCCC1NNC2OC(N)=C(C#N)C(c3ccc4c(c3)OCO4)C12. The Hall–Kier alpha value is -2.43. The molecule has 0 aromatic heterocycles. The molecule has 4 atom stereocenters. The van der Waals surface area contributed by atoms with Crippen molar-refractivity contribution in [1.29, 1.82) is 5.26 Å². The van der Waals surface area contributed by atoms with Gasteiger partial charge in [0.1, 0.15) is 6.07 Å². The number of hydrogen-bond donors (Lipinski definition) is 3. The Kier molecular flexibility index (Phi) is 3.71. The maximum atomic E-state index is 9.66. The van der Waals surface area contributed by atoms with E-state index in [9.17, 15) is 5.26 Å². The number of nitrogens with one attached hydrogen (secondary N) is 2. The molecule has 126 valence electrons. The van der Waals surface area contributed by atoms with Crippen molar-refractivity contribution >= 4 is 0 Å². The van der Waals surface area contributed by atoms with Crippen molar-refractivity contribution in [3.8, 4) is 17.6 Å². The predicted molar refractivity (Wildman–Crippen MR) is 85.5 cm³/mol. The molecule has 7 nitrogen and oxygen atoms in total. The first-order valence-electron chi connectivity index (χ1n) is 8.20. The number of rotatable bonds is 3. The van der Waals surface area contributed by atoms with Crippen molar-refractivity contribution in [1.82, 2.24) is 10.9 Å². The fourth-order valence-electron chi connectivity index (χ4n) is 3.85. The average Bonchev–Trinajstić information content (AvgIpc) is 3.20. The molecule has 1 aromatic rings. The van der Waals surface area contributed by atoms with Gasteiger partial charge in [-0.3, -0.25) is 5.43 Å². The normalized spacial score (nSPS) is 30.7. The maximum Gasteiger partial charge on any atom is 0.231 e. The van der Waals surface area contributed by atoms with E-state index in [4.69, 9.17) is 19.9 Å². The number of ether oxygens (including phenoxy) is 3. The van der Waals surface area contributed by atoms with E-state index in [1.165, 1.54) is 0 Å². The summed E-state index contributed by atoms with van der Waals surface area (Å²) in [7, 11) is 0. The zero-order chi connectivity index (χ0) is 16.7. The molecule has 4 rings (SSSR count). The summed E-state index contributed by atoms with van der Waals surface area (Å²) in [5.41, 5.74) is 13.9. The molecule has 1 saturated heterocycles. The Balaban J connectivity index is 1.78. The zero-order valence-electron chi connectivity index (χ0n) is 13.4. The number of fused-ring (bicyclic) bond motifs is 2. The van der Waals surface area contributed by atoms with Crippen LogP contribution in [0, 0.1) is 17.2 Å². The van der Waals surface area contributed by atoms with Crippen molar-refractivity contribution in [3.63, 3.8) is 0 Å². The molecule has 0 spiro atoms. The number of nitrogens with two attached hydrogens (primary N) is 1. The molecular weight excluding hydrogens is 308 g/mol. The van der Waals surface area contributed by atoms with Crippen LogP contribution < -0.4 is 26.1 Å². The van der Waals surface area contributed by atoms with Gasteiger partial charge in [-0.1, -0.05) is 19.4 Å². The molecule has 0 aliphatic carbocycles. The number of nitriles is 1. The molecule has 7 heteroatoms. The van der Waals surface area contributed by atoms with E-state index in [-0.39, 0.29) is 36.8 Å². The standard InChI is InChI=1S/C17H20N4O3/c1-2-3-11-15-14(9-4-5-12-13(6-9)23-8-22-12)10(7-18)16(19)24-17(15)21-20-11/h4-6,11,14-15,17,20-21H,2-3,8,19H2,1H3. The van der Waals surface area contributed by atoms with Gasteiger partial charge >= 0.3 is 0 Å². The molecule has 1 fully saturated rings. The second-order valence-corrected chi connectivity index (χ2v) is 6.28. The quantitative estimate of drug-likeness (QED) is 0.771. The number of benzene rings is 1. The summed E-state index contributed by atoms with van der Waals surface area (Å²) in [6.07, 6.45) is 1.77. The Bertz CT molecular complexity index is 727. The maximum absolute atomic E-state index is 9.66. The Morgan fingerprint density at radius 3 is 2.92 bits per heavy atom. The zero-order valence-corrected chi connectivity index (χ0v) is 13.4. The summed E-state index contributed by atoms with van der Waals surface area (Å²) in [5, 5.41) is 9.66. The minimum Gasteiger partial charge on any atom is -0.458 e. The van der Waals surface area contributed by atoms with E-state index in [2.05, 4.69) is 23.8 Å². The Morgan fingerprint density at radius 2 is 2.12 bits per heavy atom. The van der Waals surface area contributed by atoms with Gasteiger partial charge in [0.15, 0.2) is 17.7 Å². The van der Waals surface area contributed by atoms with Crippen molar-refractivity contribution < 1.29 is 14.2 Å². The predicted octanol–water partition coefficient (Wildman–Crippen LogP) is 1.44. The average molecular weight is 328 g/mol. The van der Waals surface area contributed by atoms with Crippen molar-refractivity contribution in [3.05, 3.63) is 35.2 Å². The van der Waals surface area contributed by atoms with Crippen molar-refractivity contribution in [2.75, 3.05) is 6.79 Å². The highest BCUT2D eigenvalue weighted by molar-refractivity contribution is 5.49. The lowest BCUT2D eigenvalue weighted by Crippen LogP contribution is -2.41. The van der Waals surface area contributed by atoms with Gasteiger partial charge in [0, 0.05) is 17.9 Å². The van der Waals surface area contributed by atoms with Gasteiger partial charge in [0.25, 0.3) is 0 Å². The molecule has 4 unspecified atom stereocenters. The van der Waals surface area contributed by atoms with Crippen molar-refractivity contribution in [2.24, 2.45) is 11.7 Å². The lowest BCUT2D eigenvalue weighted by molar-refractivity contribution is 0.0336. The Morgan fingerprint density at radius 1 is 1.29 bits per heavy atom. The molecule has 3 aliphatic heterocycles. The lowest BCUT2D eigenvalue weighted by atomic mass is 9.74. The van der Waals surface area contributed by atoms with Crippen LogP contribution in [0.1, 0.15) is 31.2 Å². The summed E-state index contributed by atoms with van der Waals surface area (Å²) in [5.74, 6) is 1.55. The third kappa shape index (κ3) is 2.27. The molecule has 0 radical (unpaired) electrons. The smallest absolute Gasteiger partial charge is 0.231 e. The van der Waals surface area contributed by atoms with Crippen LogP contribution >= 0.6 is 0 Å². The van der Waals surface area contributed by atoms with E-state index in [1.807, 2.05) is 18.2 Å². The third-order valence-corrected chi connectivity index (χ3v) is 4.92. The van der Waals surface area contributed by atoms with Gasteiger partial charge in [0.05, 0.1) is 5.57 Å². The molecule has 0 bridgehead atoms. The highest BCUT2D eigenvalue weighted by Crippen LogP contribution is 2.45. The van der Waals surface area contributed by atoms with E-state index in [0.717, 1.165) is 24.2 Å². The number of hydrazine groups is 1. The van der Waals surface area contributed by atoms with E-state index in [1.54, 1.807) is 0 Å². The first-order valence-corrected chi connectivity index (χ1v) is 8.20. The van der Waals surface area contributed by atoms with Crippen LogP contribution in [0.15, 0.2) is 29.7 Å². The minimum absolute atomic E-state index is 0.0762. The van der Waals surface area contributed by atoms with Gasteiger partial charge in [0.2, 0.25) is 12.7 Å². The summed E-state index contributed by atoms with van der Waals surface area (Å²) in [6, 6.07) is 8.26. The summed E-state index contributed by atoms with van der Waals surface area (Å²) < 4.78 is 16.6. The van der Waals surface area contributed by atoms with Gasteiger partial charge in [-0.2, -0.15) is 5.26 Å². The van der Waals surface area contributed by atoms with Crippen LogP contribution in [0.3, 0.4) is 0 Å². The van der Waals surface area contributed by atoms with Gasteiger partial charge < -0.3 is 19.9 Å². The van der Waals surface area contributed by atoms with Crippen molar-refractivity contribution in [2.45, 2.75) is 38.0 Å². The molecule has 4 N–H and O–H groups in total. The van der Waals surface area contributed by atoms with Crippen LogP contribution in [0.5, 0.6) is 11.5 Å². The minimum atomic E-state index is -0.255. The number of hydrogen-bond acceptors (Lipinski definition) is 7. The first-order chi connectivity index (χ1) is 11.7. The second kappa shape index (κ2) is 5.89. The third-order valence-electron chi connectivity index (χ3n) is 4.92. The van der Waals surface area contributed by atoms with Crippen LogP contribution in [-0.2, 0) is 4.74 Å². The van der Waals surface area contributed by atoms with Gasteiger partial charge in [-0.05, 0) is 24.1 Å². The van der Waals surface area contributed by atoms with Gasteiger partial charge in [-0.25, -0.2) is 5.43 Å². The molecule has 3 heterocycles. The first kappa shape index (κ1) is 15.1. The molecule has 1 aromatic carbocycles. The monoisotopic (exact) mass is 328 g/mol. The van der Waals surface area contributed by atoms with E-state index >= 15 is 0 Å². The highest BCUT2D eigenvalue weighted by atomic mass is 16.7. The summed E-state index contributed by atoms with van der Waals surface area (Å²) in [4.78, 5) is 0. The highest BCUT2D eigenvalue weighted by Gasteiger charge is 2.48. The lowest BCUT2D eigenvalue weighted by Gasteiger charge is -2.35. The summed E-state index contributed by atoms with van der Waals surface area (Å²) >= 11 is 0. The largest absolute Gasteiger partial charge is 0.458 e. The van der Waals surface area contributed by atoms with Crippen LogP contribution in [0.4, 0.5) is 0 Å². The molecule has 0 saturated carbocycles. The molecule has 0 amide bonds. The molecule has 3 aliphatic rings. The molecule has 24 heavy (non-hydrogen) atoms. The Labute approximate surface area is 140 Å². The fourth-order valence-corrected chi connectivity index (χ4v) is 3.85. The van der Waals surface area contributed by atoms with Gasteiger partial charge in [-0.15, -0.1) is 0 Å². The summed E-state index contributed by atoms with van der Waals surface area (Å²) in [6.45, 7) is 2.37.